The van der Waals surface area contributed by atoms with Crippen molar-refractivity contribution in [1.29, 1.82) is 0 Å². The van der Waals surface area contributed by atoms with E-state index in [4.69, 9.17) is 13.9 Å². The lowest BCUT2D eigenvalue weighted by molar-refractivity contribution is 0.0142. The molecule has 0 aliphatic carbocycles. The Hall–Kier alpha value is -1.36. The van der Waals surface area contributed by atoms with E-state index in [1.807, 2.05) is 39.1 Å². The van der Waals surface area contributed by atoms with Crippen LogP contribution in [0.5, 0.6) is 0 Å². The molecule has 4 heteroatoms. The van der Waals surface area contributed by atoms with Crippen molar-refractivity contribution in [3.63, 3.8) is 0 Å². The summed E-state index contributed by atoms with van der Waals surface area (Å²) in [6, 6.07) is 8.06. The van der Waals surface area contributed by atoms with Crippen molar-refractivity contribution in [3.05, 3.63) is 35.6 Å². The fourth-order valence-corrected chi connectivity index (χ4v) is 2.13. The van der Waals surface area contributed by atoms with E-state index in [1.165, 1.54) is 0 Å². The molecule has 2 rings (SSSR count). The summed E-state index contributed by atoms with van der Waals surface area (Å²) in [6.45, 7) is 6.51. The molecule has 0 aliphatic heterocycles. The monoisotopic (exact) mass is 277 g/mol. The average Bonchev–Trinajstić information content (AvgIpc) is 2.76. The highest BCUT2D eigenvalue weighted by atomic mass is 16.5. The first-order valence-electron chi connectivity index (χ1n) is 7.05. The minimum Gasteiger partial charge on any atom is -0.459 e. The lowest BCUT2D eigenvalue weighted by Gasteiger charge is -2.08. The molecule has 0 saturated carbocycles. The number of hydrogen-bond acceptors (Lipinski definition) is 4. The van der Waals surface area contributed by atoms with Crippen molar-refractivity contribution in [2.75, 3.05) is 20.3 Å². The van der Waals surface area contributed by atoms with Crippen molar-refractivity contribution < 1.29 is 13.9 Å². The van der Waals surface area contributed by atoms with E-state index in [-0.39, 0.29) is 6.10 Å². The quantitative estimate of drug-likeness (QED) is 0.753. The minimum absolute atomic E-state index is 0.244. The summed E-state index contributed by atoms with van der Waals surface area (Å²) in [5, 5.41) is 4.26. The molecule has 0 saturated heterocycles. The summed E-state index contributed by atoms with van der Waals surface area (Å²) in [7, 11) is 1.91. The Labute approximate surface area is 120 Å². The highest BCUT2D eigenvalue weighted by molar-refractivity contribution is 5.82. The van der Waals surface area contributed by atoms with Crippen LogP contribution < -0.4 is 5.32 Å². The zero-order valence-electron chi connectivity index (χ0n) is 12.4. The molecule has 0 atom stereocenters. The Bertz CT molecular complexity index is 534. The van der Waals surface area contributed by atoms with Crippen molar-refractivity contribution in [2.24, 2.45) is 0 Å². The van der Waals surface area contributed by atoms with Crippen LogP contribution in [0.15, 0.2) is 28.7 Å². The van der Waals surface area contributed by atoms with Crippen LogP contribution in [0, 0.1) is 0 Å². The van der Waals surface area contributed by atoms with Gasteiger partial charge in [-0.2, -0.15) is 0 Å². The van der Waals surface area contributed by atoms with E-state index in [0.717, 1.165) is 22.3 Å². The number of rotatable bonds is 8. The molecule has 4 nitrogen and oxygen atoms in total. The van der Waals surface area contributed by atoms with Crippen molar-refractivity contribution in [3.8, 4) is 0 Å². The number of hydrogen-bond donors (Lipinski definition) is 1. The van der Waals surface area contributed by atoms with E-state index >= 15 is 0 Å². The van der Waals surface area contributed by atoms with Crippen LogP contribution in [0.25, 0.3) is 11.0 Å². The molecule has 0 unspecified atom stereocenters. The molecule has 1 heterocycles. The van der Waals surface area contributed by atoms with Crippen LogP contribution in [0.2, 0.25) is 0 Å². The molecule has 0 spiro atoms. The summed E-state index contributed by atoms with van der Waals surface area (Å²) < 4.78 is 17.0. The van der Waals surface area contributed by atoms with Crippen LogP contribution in [0.1, 0.15) is 25.2 Å². The number of ether oxygens (including phenoxy) is 2. The van der Waals surface area contributed by atoms with Crippen molar-refractivity contribution in [1.82, 2.24) is 5.32 Å². The van der Waals surface area contributed by atoms with Crippen LogP contribution >= 0.6 is 0 Å². The molecule has 1 aromatic carbocycles. The maximum absolute atomic E-state index is 5.86. The third kappa shape index (κ3) is 3.82. The maximum Gasteiger partial charge on any atom is 0.134 e. The van der Waals surface area contributed by atoms with Crippen LogP contribution in [-0.2, 0) is 22.6 Å². The van der Waals surface area contributed by atoms with Gasteiger partial charge >= 0.3 is 0 Å². The van der Waals surface area contributed by atoms with Gasteiger partial charge in [-0.25, -0.2) is 0 Å². The molecule has 2 aromatic rings. The van der Waals surface area contributed by atoms with Crippen LogP contribution in [0.4, 0.5) is 0 Å². The van der Waals surface area contributed by atoms with Gasteiger partial charge in [0, 0.05) is 10.9 Å². The van der Waals surface area contributed by atoms with Gasteiger partial charge in [-0.05, 0) is 27.0 Å². The number of furan rings is 1. The predicted molar refractivity (Wildman–Crippen MR) is 79.7 cm³/mol. The molecule has 0 fully saturated rings. The number of fused-ring (bicyclic) bond motifs is 1. The maximum atomic E-state index is 5.86. The molecule has 1 N–H and O–H groups in total. The number of nitrogens with one attached hydrogen (secondary N) is 1. The highest BCUT2D eigenvalue weighted by Gasteiger charge is 2.13. The Balaban J connectivity index is 2.01. The average molecular weight is 277 g/mol. The third-order valence-electron chi connectivity index (χ3n) is 3.04. The molecular formula is C16H23NO3. The summed E-state index contributed by atoms with van der Waals surface area (Å²) >= 11 is 0. The largest absolute Gasteiger partial charge is 0.459 e. The summed E-state index contributed by atoms with van der Waals surface area (Å²) in [5.41, 5.74) is 2.04. The second kappa shape index (κ2) is 7.43. The fourth-order valence-electron chi connectivity index (χ4n) is 2.13. The fraction of sp³-hybridized carbons (Fsp3) is 0.500. The Morgan fingerprint density at radius 1 is 1.20 bits per heavy atom. The van der Waals surface area contributed by atoms with Crippen molar-refractivity contribution >= 4 is 11.0 Å². The van der Waals surface area contributed by atoms with Crippen molar-refractivity contribution in [2.45, 2.75) is 33.1 Å². The normalized spacial score (nSPS) is 11.6. The Morgan fingerprint density at radius 2 is 2.00 bits per heavy atom. The molecular weight excluding hydrogens is 254 g/mol. The van der Waals surface area contributed by atoms with Gasteiger partial charge < -0.3 is 19.2 Å². The Morgan fingerprint density at radius 3 is 2.75 bits per heavy atom. The molecule has 0 aliphatic rings. The zero-order chi connectivity index (χ0) is 14.4. The smallest absolute Gasteiger partial charge is 0.134 e. The van der Waals surface area contributed by atoms with Gasteiger partial charge in [-0.3, -0.25) is 0 Å². The third-order valence-corrected chi connectivity index (χ3v) is 3.04. The van der Waals surface area contributed by atoms with Gasteiger partial charge in [-0.15, -0.1) is 0 Å². The minimum atomic E-state index is 0.244. The van der Waals surface area contributed by atoms with E-state index < -0.39 is 0 Å². The van der Waals surface area contributed by atoms with E-state index in [2.05, 4.69) is 11.4 Å². The summed E-state index contributed by atoms with van der Waals surface area (Å²) in [5.74, 6) is 0.943. The lowest BCUT2D eigenvalue weighted by Crippen LogP contribution is -2.10. The van der Waals surface area contributed by atoms with Gasteiger partial charge in [0.25, 0.3) is 0 Å². The van der Waals surface area contributed by atoms with Crippen LogP contribution in [0.3, 0.4) is 0 Å². The summed E-state index contributed by atoms with van der Waals surface area (Å²) in [4.78, 5) is 0. The first-order chi connectivity index (χ1) is 9.72. The van der Waals surface area contributed by atoms with E-state index in [0.29, 0.717) is 26.4 Å². The van der Waals surface area contributed by atoms with Gasteiger partial charge in [-0.1, -0.05) is 18.2 Å². The molecule has 110 valence electrons. The first-order valence-corrected chi connectivity index (χ1v) is 7.05. The standard InChI is InChI=1S/C16H23NO3/c1-12(2)19-9-8-18-11-14-13-6-4-5-7-15(13)20-16(14)10-17-3/h4-7,12,17H,8-11H2,1-3H3. The second-order valence-electron chi connectivity index (χ2n) is 5.00. The van der Waals surface area contributed by atoms with Gasteiger partial charge in [0.1, 0.15) is 11.3 Å². The van der Waals surface area contributed by atoms with Gasteiger partial charge in [0.05, 0.1) is 32.5 Å². The summed E-state index contributed by atoms with van der Waals surface area (Å²) in [6.07, 6.45) is 0.244. The molecule has 0 bridgehead atoms. The number of benzene rings is 1. The zero-order valence-corrected chi connectivity index (χ0v) is 12.4. The molecule has 20 heavy (non-hydrogen) atoms. The van der Waals surface area contributed by atoms with Crippen LogP contribution in [-0.4, -0.2) is 26.4 Å². The number of para-hydroxylation sites is 1. The van der Waals surface area contributed by atoms with Gasteiger partial charge in [0.15, 0.2) is 0 Å². The molecule has 0 amide bonds. The van der Waals surface area contributed by atoms with Gasteiger partial charge in [0.2, 0.25) is 0 Å². The highest BCUT2D eigenvalue weighted by Crippen LogP contribution is 2.26. The SMILES string of the molecule is CNCc1oc2ccccc2c1COCCOC(C)C. The predicted octanol–water partition coefficient (Wildman–Crippen LogP) is 3.09. The topological polar surface area (TPSA) is 43.6 Å². The van der Waals surface area contributed by atoms with E-state index in [1.54, 1.807) is 0 Å². The molecule has 1 aromatic heterocycles. The van der Waals surface area contributed by atoms with E-state index in [9.17, 15) is 0 Å². The lowest BCUT2D eigenvalue weighted by atomic mass is 10.1. The second-order valence-corrected chi connectivity index (χ2v) is 5.00. The molecule has 0 radical (unpaired) electrons. The first kappa shape index (κ1) is 15.0. The Kier molecular flexibility index (Phi) is 5.59.